The fraction of sp³-hybridized carbons (Fsp3) is 0.385. The monoisotopic (exact) mass is 313 g/mol. The Morgan fingerprint density at radius 1 is 1.38 bits per heavy atom. The van der Waals surface area contributed by atoms with Crippen molar-refractivity contribution in [3.05, 3.63) is 23.8 Å². The molecule has 21 heavy (non-hydrogen) atoms. The van der Waals surface area contributed by atoms with Crippen LogP contribution in [-0.2, 0) is 14.6 Å². The molecule has 1 fully saturated rings. The smallest absolute Gasteiger partial charge is 0.337 e. The van der Waals surface area contributed by atoms with Gasteiger partial charge in [-0.25, -0.2) is 13.2 Å². The minimum atomic E-state index is -3.17. The van der Waals surface area contributed by atoms with Crippen LogP contribution >= 0.6 is 0 Å². The number of hydrogen-bond acceptors (Lipinski definition) is 5. The number of carbonyl (C=O) groups excluding carboxylic acids is 1. The molecule has 2 rings (SSSR count). The predicted molar refractivity (Wildman–Crippen MR) is 75.3 cm³/mol. The average Bonchev–Trinajstić information content (AvgIpc) is 2.79. The molecular weight excluding hydrogens is 298 g/mol. The minimum Gasteiger partial charge on any atom is -0.497 e. The zero-order chi connectivity index (χ0) is 15.6. The van der Waals surface area contributed by atoms with E-state index in [1.807, 2.05) is 0 Å². The Bertz CT molecular complexity index is 682. The maximum Gasteiger partial charge on any atom is 0.337 e. The molecule has 1 atom stereocenters. The molecule has 1 aromatic rings. The number of sulfone groups is 1. The minimum absolute atomic E-state index is 0.0144. The molecular formula is C13H15NO6S. The standard InChI is InChI=1S/C13H15NO6S/c1-20-9-2-3-11(10(6-9)13(16)17)14-12(15)8-4-5-21(18,19)7-8/h2-3,6,8H,4-5,7H2,1H3,(H,14,15)(H,16,17). The molecule has 0 aliphatic carbocycles. The molecule has 1 amide bonds. The van der Waals surface area contributed by atoms with E-state index >= 15 is 0 Å². The molecule has 7 nitrogen and oxygen atoms in total. The molecule has 1 aliphatic rings. The first-order valence-electron chi connectivity index (χ1n) is 6.25. The van der Waals surface area contributed by atoms with Crippen molar-refractivity contribution in [1.29, 1.82) is 0 Å². The molecule has 0 saturated carbocycles. The third kappa shape index (κ3) is 3.52. The Hall–Kier alpha value is -2.09. The lowest BCUT2D eigenvalue weighted by molar-refractivity contribution is -0.119. The molecule has 1 heterocycles. The van der Waals surface area contributed by atoms with Crippen molar-refractivity contribution in [2.45, 2.75) is 6.42 Å². The summed E-state index contributed by atoms with van der Waals surface area (Å²) in [5.41, 5.74) is 0.0150. The maximum atomic E-state index is 12.0. The summed E-state index contributed by atoms with van der Waals surface area (Å²) in [7, 11) is -1.76. The molecule has 8 heteroatoms. The summed E-state index contributed by atoms with van der Waals surface area (Å²) in [6.07, 6.45) is 0.257. The Kier molecular flexibility index (Phi) is 4.17. The van der Waals surface area contributed by atoms with Gasteiger partial charge in [-0.3, -0.25) is 4.79 Å². The van der Waals surface area contributed by atoms with Gasteiger partial charge in [0, 0.05) is 0 Å². The number of methoxy groups -OCH3 is 1. The summed E-state index contributed by atoms with van der Waals surface area (Å²) < 4.78 is 27.7. The lowest BCUT2D eigenvalue weighted by Gasteiger charge is -2.12. The van der Waals surface area contributed by atoms with E-state index in [1.54, 1.807) is 0 Å². The van der Waals surface area contributed by atoms with Crippen molar-refractivity contribution in [2.24, 2.45) is 5.92 Å². The van der Waals surface area contributed by atoms with Gasteiger partial charge in [0.1, 0.15) is 5.75 Å². The zero-order valence-corrected chi connectivity index (χ0v) is 12.1. The molecule has 1 unspecified atom stereocenters. The Morgan fingerprint density at radius 2 is 2.10 bits per heavy atom. The summed E-state index contributed by atoms with van der Waals surface area (Å²) in [6.45, 7) is 0. The van der Waals surface area contributed by atoms with Crippen molar-refractivity contribution < 1.29 is 27.9 Å². The van der Waals surface area contributed by atoms with Crippen LogP contribution in [0.1, 0.15) is 16.8 Å². The van der Waals surface area contributed by atoms with Crippen molar-refractivity contribution in [3.63, 3.8) is 0 Å². The van der Waals surface area contributed by atoms with Crippen molar-refractivity contribution in [3.8, 4) is 5.75 Å². The quantitative estimate of drug-likeness (QED) is 0.849. The number of amides is 1. The highest BCUT2D eigenvalue weighted by molar-refractivity contribution is 7.91. The fourth-order valence-corrected chi connectivity index (χ4v) is 3.91. The summed E-state index contributed by atoms with van der Waals surface area (Å²) >= 11 is 0. The first-order valence-corrected chi connectivity index (χ1v) is 8.07. The van der Waals surface area contributed by atoms with E-state index in [4.69, 9.17) is 9.84 Å². The van der Waals surface area contributed by atoms with E-state index in [9.17, 15) is 18.0 Å². The van der Waals surface area contributed by atoms with E-state index in [0.29, 0.717) is 5.75 Å². The van der Waals surface area contributed by atoms with Crippen LogP contribution in [0.2, 0.25) is 0 Å². The molecule has 0 bridgehead atoms. The molecule has 114 valence electrons. The van der Waals surface area contributed by atoms with Crippen LogP contribution in [0.3, 0.4) is 0 Å². The Morgan fingerprint density at radius 3 is 2.62 bits per heavy atom. The largest absolute Gasteiger partial charge is 0.497 e. The second kappa shape index (κ2) is 5.72. The summed E-state index contributed by atoms with van der Waals surface area (Å²) in [6, 6.07) is 4.24. The average molecular weight is 313 g/mol. The highest BCUT2D eigenvalue weighted by atomic mass is 32.2. The summed E-state index contributed by atoms with van der Waals surface area (Å²) in [4.78, 5) is 23.2. The predicted octanol–water partition coefficient (Wildman–Crippen LogP) is 0.767. The Labute approximate surface area is 121 Å². The van der Waals surface area contributed by atoms with Gasteiger partial charge in [0.2, 0.25) is 5.91 Å². The second-order valence-corrected chi connectivity index (χ2v) is 7.03. The van der Waals surface area contributed by atoms with Gasteiger partial charge < -0.3 is 15.2 Å². The topological polar surface area (TPSA) is 110 Å². The van der Waals surface area contributed by atoms with Crippen molar-refractivity contribution in [2.75, 3.05) is 23.9 Å². The van der Waals surface area contributed by atoms with Crippen molar-refractivity contribution >= 4 is 27.4 Å². The van der Waals surface area contributed by atoms with E-state index in [1.165, 1.54) is 25.3 Å². The molecule has 0 radical (unpaired) electrons. The lowest BCUT2D eigenvalue weighted by Crippen LogP contribution is -2.24. The molecule has 1 saturated heterocycles. The third-order valence-electron chi connectivity index (χ3n) is 3.32. The van der Waals surface area contributed by atoms with Crippen LogP contribution in [0.5, 0.6) is 5.75 Å². The van der Waals surface area contributed by atoms with Crippen LogP contribution in [0.15, 0.2) is 18.2 Å². The number of ether oxygens (including phenoxy) is 1. The highest BCUT2D eigenvalue weighted by Crippen LogP contribution is 2.25. The summed E-state index contributed by atoms with van der Waals surface area (Å²) in [5.74, 6) is -2.18. The number of benzene rings is 1. The number of nitrogens with one attached hydrogen (secondary N) is 1. The van der Waals surface area contributed by atoms with Crippen LogP contribution < -0.4 is 10.1 Å². The SMILES string of the molecule is COc1ccc(NC(=O)C2CCS(=O)(=O)C2)c(C(=O)O)c1. The lowest BCUT2D eigenvalue weighted by atomic mass is 10.1. The molecule has 1 aliphatic heterocycles. The van der Waals surface area contributed by atoms with Gasteiger partial charge in [-0.15, -0.1) is 0 Å². The van der Waals surface area contributed by atoms with Gasteiger partial charge in [-0.2, -0.15) is 0 Å². The summed E-state index contributed by atoms with van der Waals surface area (Å²) in [5, 5.41) is 11.6. The number of carbonyl (C=O) groups is 2. The zero-order valence-electron chi connectivity index (χ0n) is 11.3. The van der Waals surface area contributed by atoms with E-state index in [0.717, 1.165) is 0 Å². The van der Waals surface area contributed by atoms with E-state index in [-0.39, 0.29) is 29.2 Å². The van der Waals surface area contributed by atoms with Crippen molar-refractivity contribution in [1.82, 2.24) is 0 Å². The maximum absolute atomic E-state index is 12.0. The molecule has 1 aromatic carbocycles. The van der Waals surface area contributed by atoms with Crippen LogP contribution in [0, 0.1) is 5.92 Å². The number of carboxylic acid groups (broad SMARTS) is 1. The van der Waals surface area contributed by atoms with Crippen LogP contribution in [0.4, 0.5) is 5.69 Å². The van der Waals surface area contributed by atoms with Gasteiger partial charge in [0.05, 0.1) is 35.8 Å². The molecule has 0 aromatic heterocycles. The molecule has 2 N–H and O–H groups in total. The fourth-order valence-electron chi connectivity index (χ4n) is 2.17. The molecule has 0 spiro atoms. The third-order valence-corrected chi connectivity index (χ3v) is 5.09. The highest BCUT2D eigenvalue weighted by Gasteiger charge is 2.33. The van der Waals surface area contributed by atoms with Crippen LogP contribution in [0.25, 0.3) is 0 Å². The normalized spacial score (nSPS) is 20.0. The van der Waals surface area contributed by atoms with Gasteiger partial charge >= 0.3 is 5.97 Å². The first kappa shape index (κ1) is 15.3. The van der Waals surface area contributed by atoms with E-state index in [2.05, 4.69) is 5.32 Å². The number of hydrogen-bond donors (Lipinski definition) is 2. The number of carboxylic acids is 1. The second-order valence-electron chi connectivity index (χ2n) is 4.81. The van der Waals surface area contributed by atoms with Gasteiger partial charge in [-0.05, 0) is 24.6 Å². The first-order chi connectivity index (χ1) is 9.82. The van der Waals surface area contributed by atoms with Gasteiger partial charge in [0.15, 0.2) is 9.84 Å². The Balaban J connectivity index is 2.19. The van der Waals surface area contributed by atoms with E-state index < -0.39 is 27.6 Å². The van der Waals surface area contributed by atoms with Crippen LogP contribution in [-0.4, -0.2) is 44.0 Å². The number of anilines is 1. The van der Waals surface area contributed by atoms with Gasteiger partial charge in [-0.1, -0.05) is 0 Å². The van der Waals surface area contributed by atoms with Gasteiger partial charge in [0.25, 0.3) is 0 Å². The number of aromatic carboxylic acids is 1. The number of rotatable bonds is 4.